The number of aromatic nitrogens is 1. The first kappa shape index (κ1) is 26.0. The predicted octanol–water partition coefficient (Wildman–Crippen LogP) is 4.23. The summed E-state index contributed by atoms with van der Waals surface area (Å²) in [5, 5.41) is 2.16. The van der Waals surface area contributed by atoms with Crippen LogP contribution < -0.4 is 15.8 Å². The van der Waals surface area contributed by atoms with Crippen molar-refractivity contribution < 1.29 is 17.9 Å². The van der Waals surface area contributed by atoms with Crippen LogP contribution in [0.15, 0.2) is 79.5 Å². The summed E-state index contributed by atoms with van der Waals surface area (Å²) in [4.78, 5) is 16.2. The zero-order valence-electron chi connectivity index (χ0n) is 21.3. The number of nitrogens with two attached hydrogens (primary N) is 1. The summed E-state index contributed by atoms with van der Waals surface area (Å²) in [7, 11) is -3.65. The Hall–Kier alpha value is -3.65. The summed E-state index contributed by atoms with van der Waals surface area (Å²) >= 11 is 0. The van der Waals surface area contributed by atoms with Gasteiger partial charge in [-0.1, -0.05) is 36.4 Å². The lowest BCUT2D eigenvalue weighted by molar-refractivity contribution is 0.1000. The van der Waals surface area contributed by atoms with Gasteiger partial charge in [0.25, 0.3) is 0 Å². The first-order valence-electron chi connectivity index (χ1n) is 13.0. The molecule has 1 amide bonds. The van der Waals surface area contributed by atoms with Crippen LogP contribution in [0.2, 0.25) is 0 Å². The van der Waals surface area contributed by atoms with Crippen LogP contribution in [0.1, 0.15) is 46.4 Å². The molecule has 0 fully saturated rings. The van der Waals surface area contributed by atoms with E-state index in [2.05, 4.69) is 22.9 Å². The number of allylic oxidation sites excluding steroid dienone is 1. The molecule has 3 aromatic rings. The van der Waals surface area contributed by atoms with E-state index in [-0.39, 0.29) is 6.61 Å². The van der Waals surface area contributed by atoms with Gasteiger partial charge in [0, 0.05) is 30.4 Å². The number of pyridine rings is 1. The summed E-state index contributed by atoms with van der Waals surface area (Å²) in [6.45, 7) is 4.37. The van der Waals surface area contributed by atoms with Crippen LogP contribution in [0.4, 0.5) is 5.69 Å². The molecule has 2 unspecified atom stereocenters. The molecule has 0 saturated carbocycles. The van der Waals surface area contributed by atoms with E-state index in [1.54, 1.807) is 30.5 Å². The number of hydrogen-bond donors (Lipinski definition) is 2. The number of benzene rings is 2. The van der Waals surface area contributed by atoms with Crippen molar-refractivity contribution in [1.82, 2.24) is 4.98 Å². The van der Waals surface area contributed by atoms with Gasteiger partial charge in [-0.05, 0) is 67.1 Å². The van der Waals surface area contributed by atoms with Gasteiger partial charge in [-0.2, -0.15) is 0 Å². The molecule has 2 aliphatic rings. The molecule has 8 heteroatoms. The van der Waals surface area contributed by atoms with Gasteiger partial charge >= 0.3 is 0 Å². The van der Waals surface area contributed by atoms with E-state index in [0.717, 1.165) is 16.8 Å². The monoisotopic (exact) mass is 531 g/mol. The molecule has 3 atom stereocenters. The van der Waals surface area contributed by atoms with E-state index in [4.69, 9.17) is 10.5 Å². The highest BCUT2D eigenvalue weighted by atomic mass is 32.2. The van der Waals surface area contributed by atoms with Gasteiger partial charge in [-0.15, -0.1) is 6.58 Å². The highest BCUT2D eigenvalue weighted by Gasteiger charge is 2.53. The summed E-state index contributed by atoms with van der Waals surface area (Å²) in [5.41, 5.74) is 8.57. The van der Waals surface area contributed by atoms with Crippen molar-refractivity contribution in [2.24, 2.45) is 5.73 Å². The molecular formula is C30H33N3O4S. The minimum absolute atomic E-state index is 0.196. The molecule has 5 rings (SSSR count). The van der Waals surface area contributed by atoms with Gasteiger partial charge in [0.15, 0.2) is 9.84 Å². The number of fused-ring (bicyclic) bond motifs is 3. The first-order valence-corrected chi connectivity index (χ1v) is 14.6. The van der Waals surface area contributed by atoms with Crippen LogP contribution in [-0.2, 0) is 28.1 Å². The van der Waals surface area contributed by atoms with Crippen molar-refractivity contribution in [3.05, 3.63) is 102 Å². The first-order chi connectivity index (χ1) is 18.3. The van der Waals surface area contributed by atoms with E-state index >= 15 is 0 Å². The lowest BCUT2D eigenvalue weighted by atomic mass is 9.70. The van der Waals surface area contributed by atoms with Gasteiger partial charge in [0.1, 0.15) is 12.4 Å². The van der Waals surface area contributed by atoms with Crippen molar-refractivity contribution >= 4 is 21.4 Å². The molecule has 1 aliphatic carbocycles. The van der Waals surface area contributed by atoms with E-state index in [1.807, 2.05) is 36.4 Å². The van der Waals surface area contributed by atoms with Crippen LogP contribution in [0.5, 0.6) is 5.75 Å². The second-order valence-electron chi connectivity index (χ2n) is 10.2. The largest absolute Gasteiger partial charge is 0.490 e. The molecule has 0 radical (unpaired) electrons. The molecule has 1 aromatic heterocycles. The van der Waals surface area contributed by atoms with Crippen molar-refractivity contribution in [2.45, 2.75) is 48.0 Å². The number of rotatable bonds is 8. The Morgan fingerprint density at radius 1 is 1.21 bits per heavy atom. The van der Waals surface area contributed by atoms with E-state index in [0.29, 0.717) is 55.6 Å². The molecule has 7 nitrogen and oxygen atoms in total. The molecule has 0 bridgehead atoms. The number of ether oxygens (including phenoxy) is 1. The normalized spacial score (nSPS) is 21.2. The number of carbonyl (C=O) groups is 1. The van der Waals surface area contributed by atoms with Gasteiger partial charge in [0.05, 0.1) is 21.6 Å². The molecule has 1 aliphatic heterocycles. The summed E-state index contributed by atoms with van der Waals surface area (Å²) in [6, 6.07) is 18.7. The quantitative estimate of drug-likeness (QED) is 0.421. The number of hydrogen-bond acceptors (Lipinski definition) is 6. The minimum atomic E-state index is -3.65. The summed E-state index contributed by atoms with van der Waals surface area (Å²) < 4.78 is 35.5. The average Bonchev–Trinajstić information content (AvgIpc) is 3.11. The Balaban J connectivity index is 1.57. The van der Waals surface area contributed by atoms with Crippen LogP contribution in [0.25, 0.3) is 0 Å². The van der Waals surface area contributed by atoms with Gasteiger partial charge in [-0.3, -0.25) is 9.78 Å². The number of nitrogens with zero attached hydrogens (tertiary/aromatic N) is 1. The Morgan fingerprint density at radius 2 is 2.03 bits per heavy atom. The topological polar surface area (TPSA) is 111 Å². The van der Waals surface area contributed by atoms with Crippen molar-refractivity contribution in [3.8, 4) is 5.75 Å². The zero-order chi connectivity index (χ0) is 26.8. The fraction of sp³-hybridized carbons (Fsp3) is 0.333. The summed E-state index contributed by atoms with van der Waals surface area (Å²) in [5.74, 6) is 0.0411. The standard InChI is InChI=1S/C30H33N3O4S/c1-2-3-10-24(18-23-9-6-7-16-32-23)38(35,36)28-15-13-21-8-4-5-11-25(21)30(28)19-33-26-17-22(29(31)34)12-14-27(26)37-20-30/h2,4-9,11-12,14,16-17,24,28,33H,1,3,10,13,15,18-20H2,(H2,31,34)/t24-,28?,30?/m1/s1. The summed E-state index contributed by atoms with van der Waals surface area (Å²) in [6.07, 6.45) is 6.08. The molecule has 2 heterocycles. The maximum atomic E-state index is 14.6. The van der Waals surface area contributed by atoms with Crippen molar-refractivity contribution in [1.29, 1.82) is 0 Å². The number of anilines is 1. The third-order valence-electron chi connectivity index (χ3n) is 7.91. The SMILES string of the molecule is C=CCC[C@H](Cc1ccccn1)S(=O)(=O)C1CCc2ccccc2C12CNc1cc(C(N)=O)ccc1OC2. The molecule has 2 aromatic carbocycles. The number of amides is 1. The second kappa shape index (κ2) is 10.6. The maximum absolute atomic E-state index is 14.6. The van der Waals surface area contributed by atoms with Gasteiger partial charge < -0.3 is 15.8 Å². The Labute approximate surface area is 224 Å². The van der Waals surface area contributed by atoms with Crippen LogP contribution in [-0.4, -0.2) is 43.0 Å². The molecular weight excluding hydrogens is 498 g/mol. The number of aryl methyl sites for hydroxylation is 1. The maximum Gasteiger partial charge on any atom is 0.248 e. The number of sulfone groups is 1. The molecule has 0 saturated heterocycles. The second-order valence-corrected chi connectivity index (χ2v) is 12.6. The van der Waals surface area contributed by atoms with E-state index in [9.17, 15) is 13.2 Å². The fourth-order valence-corrected chi connectivity index (χ4v) is 8.63. The third kappa shape index (κ3) is 4.80. The Bertz CT molecular complexity index is 1440. The van der Waals surface area contributed by atoms with Crippen LogP contribution >= 0.6 is 0 Å². The molecule has 198 valence electrons. The predicted molar refractivity (Wildman–Crippen MR) is 149 cm³/mol. The number of primary amides is 1. The van der Waals surface area contributed by atoms with Gasteiger partial charge in [-0.25, -0.2) is 8.42 Å². The van der Waals surface area contributed by atoms with Gasteiger partial charge in [0.2, 0.25) is 5.91 Å². The zero-order valence-corrected chi connectivity index (χ0v) is 22.1. The van der Waals surface area contributed by atoms with Crippen molar-refractivity contribution in [2.75, 3.05) is 18.5 Å². The fourth-order valence-electron chi connectivity index (χ4n) is 5.95. The highest BCUT2D eigenvalue weighted by Crippen LogP contribution is 2.46. The smallest absolute Gasteiger partial charge is 0.248 e. The lowest BCUT2D eigenvalue weighted by Crippen LogP contribution is -2.57. The minimum Gasteiger partial charge on any atom is -0.490 e. The van der Waals surface area contributed by atoms with E-state index in [1.165, 1.54) is 0 Å². The molecule has 38 heavy (non-hydrogen) atoms. The van der Waals surface area contributed by atoms with Crippen molar-refractivity contribution in [3.63, 3.8) is 0 Å². The number of carbonyl (C=O) groups excluding carboxylic acids is 1. The Kier molecular flexibility index (Phi) is 7.25. The third-order valence-corrected chi connectivity index (χ3v) is 10.7. The average molecular weight is 532 g/mol. The lowest BCUT2D eigenvalue weighted by Gasteiger charge is -2.45. The van der Waals surface area contributed by atoms with E-state index < -0.39 is 31.7 Å². The Morgan fingerprint density at radius 3 is 2.79 bits per heavy atom. The van der Waals surface area contributed by atoms with Crippen LogP contribution in [0.3, 0.4) is 0 Å². The highest BCUT2D eigenvalue weighted by molar-refractivity contribution is 7.92. The number of nitrogens with one attached hydrogen (secondary N) is 1. The molecule has 1 spiro atoms. The van der Waals surface area contributed by atoms with Crippen LogP contribution in [0, 0.1) is 0 Å². The molecule has 3 N–H and O–H groups in total.